The number of ketones is 1. The third kappa shape index (κ3) is 3.04. The molecule has 0 atom stereocenters. The molecule has 1 aliphatic rings. The summed E-state index contributed by atoms with van der Waals surface area (Å²) in [5.41, 5.74) is 5.68. The van der Waals surface area contributed by atoms with Gasteiger partial charge in [-0.25, -0.2) is 0 Å². The largest absolute Gasteiger partial charge is 0.329 e. The van der Waals surface area contributed by atoms with Crippen LogP contribution in [-0.4, -0.2) is 12.3 Å². The Morgan fingerprint density at radius 1 is 1.40 bits per heavy atom. The molecule has 2 nitrogen and oxygen atoms in total. The molecule has 0 radical (unpaired) electrons. The Morgan fingerprint density at radius 3 is 2.47 bits per heavy atom. The monoisotopic (exact) mass is 211 g/mol. The summed E-state index contributed by atoms with van der Waals surface area (Å²) in [5.74, 6) is 1.21. The first-order valence-electron chi connectivity index (χ1n) is 6.38. The van der Waals surface area contributed by atoms with E-state index in [1.807, 2.05) is 0 Å². The van der Waals surface area contributed by atoms with Gasteiger partial charge in [0.25, 0.3) is 0 Å². The van der Waals surface area contributed by atoms with E-state index < -0.39 is 0 Å². The van der Waals surface area contributed by atoms with Crippen LogP contribution in [0.4, 0.5) is 0 Å². The van der Waals surface area contributed by atoms with Crippen LogP contribution in [0.25, 0.3) is 0 Å². The van der Waals surface area contributed by atoms with Crippen molar-refractivity contribution in [1.29, 1.82) is 0 Å². The van der Waals surface area contributed by atoms with Gasteiger partial charge in [0.2, 0.25) is 0 Å². The minimum Gasteiger partial charge on any atom is -0.329 e. The van der Waals surface area contributed by atoms with Crippen LogP contribution in [0.3, 0.4) is 0 Å². The van der Waals surface area contributed by atoms with Gasteiger partial charge in [0.15, 0.2) is 0 Å². The van der Waals surface area contributed by atoms with Crippen molar-refractivity contribution < 1.29 is 4.79 Å². The van der Waals surface area contributed by atoms with E-state index in [0.29, 0.717) is 12.3 Å². The lowest BCUT2D eigenvalue weighted by atomic mass is 9.67. The Hall–Kier alpha value is -0.370. The minimum atomic E-state index is -0.151. The molecule has 2 N–H and O–H groups in total. The van der Waals surface area contributed by atoms with Crippen molar-refractivity contribution in [2.45, 2.75) is 58.8 Å². The van der Waals surface area contributed by atoms with Gasteiger partial charge in [-0.05, 0) is 38.0 Å². The van der Waals surface area contributed by atoms with Crippen molar-refractivity contribution in [3.63, 3.8) is 0 Å². The number of carbonyl (C=O) groups excluding carboxylic acids is 1. The SMILES string of the molecule is CCCCC(=O)C1(CN)CCC(C)CC1. The number of hydrogen-bond acceptors (Lipinski definition) is 2. The molecule has 0 aromatic carbocycles. The molecular weight excluding hydrogens is 186 g/mol. The highest BCUT2D eigenvalue weighted by molar-refractivity contribution is 5.85. The number of Topliss-reactive ketones (excluding diaryl/α,β-unsaturated/α-hetero) is 1. The van der Waals surface area contributed by atoms with Crippen LogP contribution < -0.4 is 5.73 Å². The molecule has 2 heteroatoms. The molecular formula is C13H25NO. The number of nitrogens with two attached hydrogens (primary N) is 1. The Bertz CT molecular complexity index is 205. The van der Waals surface area contributed by atoms with Crippen LogP contribution in [0.1, 0.15) is 58.8 Å². The molecule has 88 valence electrons. The van der Waals surface area contributed by atoms with Crippen LogP contribution in [0.2, 0.25) is 0 Å². The van der Waals surface area contributed by atoms with Gasteiger partial charge < -0.3 is 5.73 Å². The van der Waals surface area contributed by atoms with E-state index in [9.17, 15) is 4.79 Å². The lowest BCUT2D eigenvalue weighted by molar-refractivity contribution is -0.130. The van der Waals surface area contributed by atoms with E-state index in [0.717, 1.165) is 38.0 Å². The second-order valence-electron chi connectivity index (χ2n) is 5.19. The second-order valence-corrected chi connectivity index (χ2v) is 5.19. The molecule has 15 heavy (non-hydrogen) atoms. The number of carbonyl (C=O) groups is 1. The Morgan fingerprint density at radius 2 is 2.00 bits per heavy atom. The zero-order chi connectivity index (χ0) is 11.3. The summed E-state index contributed by atoms with van der Waals surface area (Å²) in [5, 5.41) is 0. The quantitative estimate of drug-likeness (QED) is 0.760. The van der Waals surface area contributed by atoms with Crippen LogP contribution in [0, 0.1) is 11.3 Å². The topological polar surface area (TPSA) is 43.1 Å². The van der Waals surface area contributed by atoms with E-state index in [4.69, 9.17) is 5.73 Å². The Kier molecular flexibility index (Phi) is 4.78. The number of hydrogen-bond donors (Lipinski definition) is 1. The summed E-state index contributed by atoms with van der Waals surface area (Å²) in [6, 6.07) is 0. The third-order valence-electron chi connectivity index (χ3n) is 3.97. The van der Waals surface area contributed by atoms with Crippen molar-refractivity contribution in [2.24, 2.45) is 17.1 Å². The molecule has 0 aliphatic heterocycles. The number of rotatable bonds is 5. The molecule has 0 amide bonds. The van der Waals surface area contributed by atoms with Gasteiger partial charge in [0.1, 0.15) is 5.78 Å². The van der Waals surface area contributed by atoms with Gasteiger partial charge in [-0.1, -0.05) is 20.3 Å². The van der Waals surface area contributed by atoms with Gasteiger partial charge in [-0.15, -0.1) is 0 Å². The predicted octanol–water partition coefficient (Wildman–Crippen LogP) is 2.90. The highest BCUT2D eigenvalue weighted by Crippen LogP contribution is 2.39. The van der Waals surface area contributed by atoms with E-state index >= 15 is 0 Å². The first-order chi connectivity index (χ1) is 7.14. The summed E-state index contributed by atoms with van der Waals surface area (Å²) in [4.78, 5) is 12.1. The summed E-state index contributed by atoms with van der Waals surface area (Å²) >= 11 is 0. The molecule has 0 saturated heterocycles. The van der Waals surface area contributed by atoms with Gasteiger partial charge in [-0.3, -0.25) is 4.79 Å². The van der Waals surface area contributed by atoms with Crippen molar-refractivity contribution in [3.05, 3.63) is 0 Å². The summed E-state index contributed by atoms with van der Waals surface area (Å²) in [6.07, 6.45) is 7.26. The van der Waals surface area contributed by atoms with Gasteiger partial charge in [-0.2, -0.15) is 0 Å². The summed E-state index contributed by atoms with van der Waals surface area (Å²) < 4.78 is 0. The molecule has 1 saturated carbocycles. The molecule has 0 aromatic rings. The smallest absolute Gasteiger partial charge is 0.140 e. The van der Waals surface area contributed by atoms with Gasteiger partial charge in [0.05, 0.1) is 0 Å². The highest BCUT2D eigenvalue weighted by atomic mass is 16.1. The van der Waals surface area contributed by atoms with E-state index in [2.05, 4.69) is 13.8 Å². The molecule has 1 aliphatic carbocycles. The fourth-order valence-corrected chi connectivity index (χ4v) is 2.51. The molecule has 0 heterocycles. The maximum absolute atomic E-state index is 12.1. The standard InChI is InChI=1S/C13H25NO/c1-3-4-5-12(15)13(10-14)8-6-11(2)7-9-13/h11H,3-10,14H2,1-2H3. The third-order valence-corrected chi connectivity index (χ3v) is 3.97. The zero-order valence-corrected chi connectivity index (χ0v) is 10.2. The number of unbranched alkanes of at least 4 members (excludes halogenated alkanes) is 1. The first-order valence-corrected chi connectivity index (χ1v) is 6.38. The summed E-state index contributed by atoms with van der Waals surface area (Å²) in [6.45, 7) is 4.96. The van der Waals surface area contributed by atoms with Crippen molar-refractivity contribution in [3.8, 4) is 0 Å². The Labute approximate surface area is 93.6 Å². The van der Waals surface area contributed by atoms with Crippen LogP contribution >= 0.6 is 0 Å². The average Bonchev–Trinajstić information content (AvgIpc) is 2.27. The second kappa shape index (κ2) is 5.64. The molecule has 0 unspecified atom stereocenters. The lowest BCUT2D eigenvalue weighted by Crippen LogP contribution is -2.41. The van der Waals surface area contributed by atoms with E-state index in [-0.39, 0.29) is 5.41 Å². The first kappa shape index (κ1) is 12.7. The highest BCUT2D eigenvalue weighted by Gasteiger charge is 2.38. The van der Waals surface area contributed by atoms with Gasteiger partial charge >= 0.3 is 0 Å². The van der Waals surface area contributed by atoms with Crippen molar-refractivity contribution >= 4 is 5.78 Å². The molecule has 0 spiro atoms. The van der Waals surface area contributed by atoms with E-state index in [1.165, 1.54) is 12.8 Å². The minimum absolute atomic E-state index is 0.151. The van der Waals surface area contributed by atoms with Crippen molar-refractivity contribution in [2.75, 3.05) is 6.54 Å². The van der Waals surface area contributed by atoms with Crippen LogP contribution in [-0.2, 0) is 4.79 Å². The van der Waals surface area contributed by atoms with Crippen LogP contribution in [0.15, 0.2) is 0 Å². The molecule has 1 rings (SSSR count). The normalized spacial score (nSPS) is 31.5. The van der Waals surface area contributed by atoms with Crippen LogP contribution in [0.5, 0.6) is 0 Å². The fourth-order valence-electron chi connectivity index (χ4n) is 2.51. The zero-order valence-electron chi connectivity index (χ0n) is 10.2. The summed E-state index contributed by atoms with van der Waals surface area (Å²) in [7, 11) is 0. The lowest BCUT2D eigenvalue weighted by Gasteiger charge is -2.37. The molecule has 1 fully saturated rings. The fraction of sp³-hybridized carbons (Fsp3) is 0.923. The maximum Gasteiger partial charge on any atom is 0.140 e. The van der Waals surface area contributed by atoms with Crippen molar-refractivity contribution in [1.82, 2.24) is 0 Å². The Balaban J connectivity index is 2.56. The molecule has 0 bridgehead atoms. The molecule has 0 aromatic heterocycles. The van der Waals surface area contributed by atoms with E-state index in [1.54, 1.807) is 0 Å². The predicted molar refractivity (Wildman–Crippen MR) is 63.7 cm³/mol. The maximum atomic E-state index is 12.1. The van der Waals surface area contributed by atoms with Gasteiger partial charge in [0, 0.05) is 18.4 Å². The average molecular weight is 211 g/mol.